The molecule has 64 valence electrons. The number of hydrogen-bond acceptors (Lipinski definition) is 2. The van der Waals surface area contributed by atoms with Crippen LogP contribution in [-0.2, 0) is 4.79 Å². The van der Waals surface area contributed by atoms with Crippen LogP contribution in [0.5, 0.6) is 0 Å². The van der Waals surface area contributed by atoms with Crippen molar-refractivity contribution in [2.75, 3.05) is 13.1 Å². The first kappa shape index (κ1) is 8.53. The van der Waals surface area contributed by atoms with E-state index in [4.69, 9.17) is 5.73 Å². The van der Waals surface area contributed by atoms with Gasteiger partial charge in [0.25, 0.3) is 0 Å². The zero-order valence-corrected chi connectivity index (χ0v) is 7.26. The lowest BCUT2D eigenvalue weighted by atomic mass is 10.0. The zero-order valence-electron chi connectivity index (χ0n) is 7.26. The van der Waals surface area contributed by atoms with Crippen LogP contribution in [-0.4, -0.2) is 29.4 Å². The van der Waals surface area contributed by atoms with Gasteiger partial charge < -0.3 is 5.73 Å². The smallest absolute Gasteiger partial charge is 0.231 e. The lowest BCUT2D eigenvalue weighted by Gasteiger charge is -2.30. The van der Waals surface area contributed by atoms with Gasteiger partial charge in [-0.05, 0) is 33.2 Å². The number of hydrogen-bond donors (Lipinski definition) is 1. The van der Waals surface area contributed by atoms with Crippen molar-refractivity contribution < 1.29 is 4.79 Å². The van der Waals surface area contributed by atoms with Crippen LogP contribution in [0.1, 0.15) is 26.7 Å². The minimum absolute atomic E-state index is 0.176. The molecular weight excluding hydrogens is 140 g/mol. The van der Waals surface area contributed by atoms with Crippen molar-refractivity contribution in [2.24, 2.45) is 5.73 Å². The Hall–Kier alpha value is -0.570. The number of carbonyl (C=O) groups excluding carboxylic acids is 1. The van der Waals surface area contributed by atoms with Gasteiger partial charge in [-0.25, -0.2) is 0 Å². The summed E-state index contributed by atoms with van der Waals surface area (Å²) in [6.07, 6.45) is 2.35. The Morgan fingerprint density at radius 3 is 2.64 bits per heavy atom. The summed E-state index contributed by atoms with van der Waals surface area (Å²) in [5.41, 5.74) is 5.29. The number of amides is 1. The molecule has 0 aliphatic carbocycles. The van der Waals surface area contributed by atoms with Crippen LogP contribution in [0.25, 0.3) is 0 Å². The fourth-order valence-corrected chi connectivity index (χ4v) is 1.64. The maximum Gasteiger partial charge on any atom is 0.231 e. The van der Waals surface area contributed by atoms with Crippen molar-refractivity contribution in [3.63, 3.8) is 0 Å². The van der Waals surface area contributed by atoms with Crippen LogP contribution >= 0.6 is 0 Å². The zero-order chi connectivity index (χ0) is 8.48. The molecule has 0 unspecified atom stereocenters. The molecule has 1 saturated heterocycles. The maximum absolute atomic E-state index is 10.6. The lowest BCUT2D eigenvalue weighted by Crippen LogP contribution is -2.43. The van der Waals surface area contributed by atoms with E-state index in [0.717, 1.165) is 6.54 Å². The predicted molar refractivity (Wildman–Crippen MR) is 44.1 cm³/mol. The number of primary amides is 1. The molecule has 0 aromatic carbocycles. The highest BCUT2D eigenvalue weighted by Crippen LogP contribution is 2.27. The van der Waals surface area contributed by atoms with Gasteiger partial charge in [0.05, 0.1) is 6.54 Å². The first-order valence-electron chi connectivity index (χ1n) is 4.06. The largest absolute Gasteiger partial charge is 0.369 e. The van der Waals surface area contributed by atoms with Crippen molar-refractivity contribution in [3.05, 3.63) is 0 Å². The summed E-state index contributed by atoms with van der Waals surface area (Å²) in [5, 5.41) is 0. The molecule has 1 aliphatic rings. The number of rotatable bonds is 2. The highest BCUT2D eigenvalue weighted by atomic mass is 16.1. The molecule has 2 N–H and O–H groups in total. The SMILES string of the molecule is CC1(C)CCCN1CC(N)=O. The van der Waals surface area contributed by atoms with E-state index in [9.17, 15) is 4.79 Å². The topological polar surface area (TPSA) is 46.3 Å². The third-order valence-corrected chi connectivity index (χ3v) is 2.42. The molecule has 0 aromatic heterocycles. The summed E-state index contributed by atoms with van der Waals surface area (Å²) in [6.45, 7) is 5.73. The molecule has 0 spiro atoms. The highest BCUT2D eigenvalue weighted by molar-refractivity contribution is 5.76. The van der Waals surface area contributed by atoms with Gasteiger partial charge in [0.1, 0.15) is 0 Å². The summed E-state index contributed by atoms with van der Waals surface area (Å²) in [4.78, 5) is 12.8. The van der Waals surface area contributed by atoms with E-state index in [0.29, 0.717) is 6.54 Å². The standard InChI is InChI=1S/C8H16N2O/c1-8(2)4-3-5-10(8)6-7(9)11/h3-6H2,1-2H3,(H2,9,11). The average molecular weight is 156 g/mol. The molecule has 0 radical (unpaired) electrons. The summed E-state index contributed by atoms with van der Waals surface area (Å²) in [6, 6.07) is 0. The van der Waals surface area contributed by atoms with E-state index in [1.165, 1.54) is 12.8 Å². The molecule has 1 rings (SSSR count). The van der Waals surface area contributed by atoms with Crippen molar-refractivity contribution in [3.8, 4) is 0 Å². The highest BCUT2D eigenvalue weighted by Gasteiger charge is 2.32. The van der Waals surface area contributed by atoms with Crippen molar-refractivity contribution >= 4 is 5.91 Å². The first-order valence-corrected chi connectivity index (χ1v) is 4.06. The number of nitrogens with zero attached hydrogens (tertiary/aromatic N) is 1. The Balaban J connectivity index is 2.51. The first-order chi connectivity index (χ1) is 5.02. The van der Waals surface area contributed by atoms with E-state index in [1.54, 1.807) is 0 Å². The second-order valence-electron chi connectivity index (χ2n) is 3.80. The average Bonchev–Trinajstić information content (AvgIpc) is 2.10. The predicted octanol–water partition coefficient (Wildman–Crippen LogP) is 0.346. The molecule has 0 atom stereocenters. The summed E-state index contributed by atoms with van der Waals surface area (Å²) in [7, 11) is 0. The van der Waals surface area contributed by atoms with E-state index in [-0.39, 0.29) is 11.4 Å². The normalized spacial score (nSPS) is 23.8. The number of nitrogens with two attached hydrogens (primary N) is 1. The lowest BCUT2D eigenvalue weighted by molar-refractivity contribution is -0.119. The number of carbonyl (C=O) groups is 1. The molecular formula is C8H16N2O. The van der Waals surface area contributed by atoms with E-state index in [1.807, 2.05) is 0 Å². The third kappa shape index (κ3) is 1.93. The van der Waals surface area contributed by atoms with Crippen LogP contribution in [0.3, 0.4) is 0 Å². The summed E-state index contributed by atoms with van der Waals surface area (Å²) < 4.78 is 0. The molecule has 11 heavy (non-hydrogen) atoms. The van der Waals surface area contributed by atoms with Gasteiger partial charge in [-0.3, -0.25) is 9.69 Å². The molecule has 1 aliphatic heterocycles. The molecule has 1 amide bonds. The van der Waals surface area contributed by atoms with Gasteiger partial charge in [-0.15, -0.1) is 0 Å². The van der Waals surface area contributed by atoms with Gasteiger partial charge in [-0.2, -0.15) is 0 Å². The fourth-order valence-electron chi connectivity index (χ4n) is 1.64. The Morgan fingerprint density at radius 2 is 2.27 bits per heavy atom. The molecule has 3 nitrogen and oxygen atoms in total. The van der Waals surface area contributed by atoms with Crippen LogP contribution in [0.2, 0.25) is 0 Å². The summed E-state index contributed by atoms with van der Waals surface area (Å²) >= 11 is 0. The van der Waals surface area contributed by atoms with Crippen molar-refractivity contribution in [1.29, 1.82) is 0 Å². The van der Waals surface area contributed by atoms with E-state index >= 15 is 0 Å². The van der Waals surface area contributed by atoms with Crippen LogP contribution in [0.15, 0.2) is 0 Å². The molecule has 0 saturated carbocycles. The summed E-state index contributed by atoms with van der Waals surface area (Å²) in [5.74, 6) is -0.222. The van der Waals surface area contributed by atoms with Crippen LogP contribution < -0.4 is 5.73 Å². The minimum Gasteiger partial charge on any atom is -0.369 e. The fraction of sp³-hybridized carbons (Fsp3) is 0.875. The molecule has 1 fully saturated rings. The third-order valence-electron chi connectivity index (χ3n) is 2.42. The van der Waals surface area contributed by atoms with Crippen molar-refractivity contribution in [2.45, 2.75) is 32.2 Å². The van der Waals surface area contributed by atoms with E-state index in [2.05, 4.69) is 18.7 Å². The number of likely N-dealkylation sites (tertiary alicyclic amines) is 1. The van der Waals surface area contributed by atoms with Crippen molar-refractivity contribution in [1.82, 2.24) is 4.90 Å². The van der Waals surface area contributed by atoms with E-state index < -0.39 is 0 Å². The Kier molecular flexibility index (Phi) is 2.18. The minimum atomic E-state index is -0.222. The quantitative estimate of drug-likeness (QED) is 0.627. The second-order valence-corrected chi connectivity index (χ2v) is 3.80. The Bertz CT molecular complexity index is 165. The Labute approximate surface area is 67.5 Å². The van der Waals surface area contributed by atoms with Crippen LogP contribution in [0, 0.1) is 0 Å². The molecule has 0 bridgehead atoms. The van der Waals surface area contributed by atoms with Gasteiger partial charge >= 0.3 is 0 Å². The van der Waals surface area contributed by atoms with Crippen LogP contribution in [0.4, 0.5) is 0 Å². The second kappa shape index (κ2) is 2.81. The molecule has 1 heterocycles. The maximum atomic E-state index is 10.6. The van der Waals surface area contributed by atoms with Gasteiger partial charge in [0, 0.05) is 5.54 Å². The van der Waals surface area contributed by atoms with Gasteiger partial charge in [0.2, 0.25) is 5.91 Å². The molecule has 3 heteroatoms. The monoisotopic (exact) mass is 156 g/mol. The van der Waals surface area contributed by atoms with Gasteiger partial charge in [0.15, 0.2) is 0 Å². The Morgan fingerprint density at radius 1 is 1.64 bits per heavy atom. The van der Waals surface area contributed by atoms with Gasteiger partial charge in [-0.1, -0.05) is 0 Å². The molecule has 0 aromatic rings.